The van der Waals surface area contributed by atoms with E-state index in [9.17, 15) is 8.78 Å². The van der Waals surface area contributed by atoms with Crippen LogP contribution >= 0.6 is 15.9 Å². The van der Waals surface area contributed by atoms with Crippen LogP contribution in [0.3, 0.4) is 0 Å². The number of nitrogens with one attached hydrogen (secondary N) is 1. The summed E-state index contributed by atoms with van der Waals surface area (Å²) in [4.78, 5) is 4.31. The molecule has 6 heteroatoms. The summed E-state index contributed by atoms with van der Waals surface area (Å²) < 4.78 is 29.4. The molecule has 0 bridgehead atoms. The van der Waals surface area contributed by atoms with E-state index in [1.807, 2.05) is 11.6 Å². The van der Waals surface area contributed by atoms with Crippen molar-refractivity contribution >= 4 is 21.9 Å². The first-order valence-corrected chi connectivity index (χ1v) is 7.80. The molecule has 0 aliphatic rings. The van der Waals surface area contributed by atoms with E-state index >= 15 is 0 Å². The van der Waals surface area contributed by atoms with Gasteiger partial charge in [0, 0.05) is 29.2 Å². The Hall–Kier alpha value is -2.21. The van der Waals surface area contributed by atoms with Crippen molar-refractivity contribution in [2.75, 3.05) is 5.32 Å². The Morgan fingerprint density at radius 3 is 2.57 bits per heavy atom. The number of imidazole rings is 1. The lowest BCUT2D eigenvalue weighted by Gasteiger charge is -2.10. The first-order valence-electron chi connectivity index (χ1n) is 7.00. The normalized spacial score (nSPS) is 10.8. The summed E-state index contributed by atoms with van der Waals surface area (Å²) >= 11 is 3.35. The lowest BCUT2D eigenvalue weighted by Crippen LogP contribution is -2.07. The van der Waals surface area contributed by atoms with Gasteiger partial charge in [0.25, 0.3) is 0 Å². The molecule has 0 amide bonds. The molecule has 0 spiro atoms. The maximum Gasteiger partial charge on any atom is 0.203 e. The predicted molar refractivity (Wildman–Crippen MR) is 90.0 cm³/mol. The van der Waals surface area contributed by atoms with E-state index in [4.69, 9.17) is 0 Å². The number of nitrogens with zero attached hydrogens (tertiary/aromatic N) is 2. The second-order valence-corrected chi connectivity index (χ2v) is 5.94. The Kier molecular flexibility index (Phi) is 4.43. The van der Waals surface area contributed by atoms with E-state index < -0.39 is 0 Å². The smallest absolute Gasteiger partial charge is 0.203 e. The fraction of sp³-hybridized carbons (Fsp3) is 0.118. The van der Waals surface area contributed by atoms with Gasteiger partial charge in [-0.2, -0.15) is 0 Å². The topological polar surface area (TPSA) is 29.9 Å². The highest BCUT2D eigenvalue weighted by Crippen LogP contribution is 2.24. The summed E-state index contributed by atoms with van der Waals surface area (Å²) in [6, 6.07) is 11.1. The number of anilines is 1. The molecular weight excluding hydrogens is 364 g/mol. The fourth-order valence-electron chi connectivity index (χ4n) is 2.33. The molecule has 0 fully saturated rings. The first kappa shape index (κ1) is 15.7. The minimum absolute atomic E-state index is 0.278. The van der Waals surface area contributed by atoms with E-state index in [-0.39, 0.29) is 11.6 Å². The van der Waals surface area contributed by atoms with E-state index in [1.54, 1.807) is 30.5 Å². The van der Waals surface area contributed by atoms with Crippen LogP contribution in [0.5, 0.6) is 0 Å². The minimum Gasteiger partial charge on any atom is -0.351 e. The van der Waals surface area contributed by atoms with Gasteiger partial charge in [-0.05, 0) is 36.4 Å². The molecule has 118 valence electrons. The predicted octanol–water partition coefficient (Wildman–Crippen LogP) is 4.74. The zero-order valence-corrected chi connectivity index (χ0v) is 13.9. The minimum atomic E-state index is -0.279. The van der Waals surface area contributed by atoms with Crippen molar-refractivity contribution in [2.24, 2.45) is 7.05 Å². The standard InChI is InChI=1S/C17H14BrF2N3/c1-23-16(11-5-7-12(19)8-6-11)10-22-17(23)21-9-13-14(18)3-2-4-15(13)20/h2-8,10H,9H2,1H3,(H,21,22). The highest BCUT2D eigenvalue weighted by atomic mass is 79.9. The molecule has 0 saturated carbocycles. The Labute approximate surface area is 141 Å². The molecule has 0 saturated heterocycles. The van der Waals surface area contributed by atoms with Crippen LogP contribution in [0.25, 0.3) is 11.3 Å². The average molecular weight is 378 g/mol. The number of rotatable bonds is 4. The van der Waals surface area contributed by atoms with Crippen LogP contribution in [0, 0.1) is 11.6 Å². The molecule has 3 rings (SSSR count). The lowest BCUT2D eigenvalue weighted by atomic mass is 10.2. The van der Waals surface area contributed by atoms with Gasteiger partial charge in [-0.1, -0.05) is 22.0 Å². The van der Waals surface area contributed by atoms with Gasteiger partial charge in [-0.3, -0.25) is 0 Å². The Morgan fingerprint density at radius 1 is 1.13 bits per heavy atom. The van der Waals surface area contributed by atoms with Gasteiger partial charge in [0.15, 0.2) is 0 Å². The number of benzene rings is 2. The van der Waals surface area contributed by atoms with Crippen LogP contribution < -0.4 is 5.32 Å². The molecule has 0 aliphatic heterocycles. The summed E-state index contributed by atoms with van der Waals surface area (Å²) in [7, 11) is 1.85. The van der Waals surface area contributed by atoms with Crippen molar-refractivity contribution in [3.8, 4) is 11.3 Å². The van der Waals surface area contributed by atoms with Crippen LogP contribution in [0.15, 0.2) is 53.1 Å². The molecule has 0 atom stereocenters. The van der Waals surface area contributed by atoms with Crippen molar-refractivity contribution < 1.29 is 8.78 Å². The van der Waals surface area contributed by atoms with E-state index in [0.717, 1.165) is 11.3 Å². The van der Waals surface area contributed by atoms with Crippen LogP contribution in [-0.4, -0.2) is 9.55 Å². The molecule has 1 heterocycles. The van der Waals surface area contributed by atoms with E-state index in [1.165, 1.54) is 18.2 Å². The summed E-state index contributed by atoms with van der Waals surface area (Å²) in [5, 5.41) is 3.12. The van der Waals surface area contributed by atoms with Gasteiger partial charge in [0.2, 0.25) is 5.95 Å². The van der Waals surface area contributed by atoms with Gasteiger partial charge in [-0.15, -0.1) is 0 Å². The summed E-state index contributed by atoms with van der Waals surface area (Å²) in [5.74, 6) is 0.0537. The molecule has 1 aromatic heterocycles. The van der Waals surface area contributed by atoms with Crippen LogP contribution in [0.2, 0.25) is 0 Å². The van der Waals surface area contributed by atoms with Crippen LogP contribution in [0.1, 0.15) is 5.56 Å². The van der Waals surface area contributed by atoms with Crippen molar-refractivity contribution in [3.63, 3.8) is 0 Å². The summed E-state index contributed by atoms with van der Waals surface area (Å²) in [6.07, 6.45) is 1.70. The maximum absolute atomic E-state index is 13.8. The average Bonchev–Trinajstić information content (AvgIpc) is 2.89. The molecule has 3 nitrogen and oxygen atoms in total. The summed E-state index contributed by atoms with van der Waals surface area (Å²) in [6.45, 7) is 0.307. The van der Waals surface area contributed by atoms with E-state index in [0.29, 0.717) is 22.5 Å². The van der Waals surface area contributed by atoms with Crippen molar-refractivity contribution in [3.05, 3.63) is 70.3 Å². The molecule has 0 unspecified atom stereocenters. The third kappa shape index (κ3) is 3.27. The number of hydrogen-bond donors (Lipinski definition) is 1. The van der Waals surface area contributed by atoms with Crippen molar-refractivity contribution in [1.82, 2.24) is 9.55 Å². The fourth-order valence-corrected chi connectivity index (χ4v) is 2.81. The molecule has 1 N–H and O–H groups in total. The van der Waals surface area contributed by atoms with Crippen LogP contribution in [-0.2, 0) is 13.6 Å². The second-order valence-electron chi connectivity index (χ2n) is 5.09. The second kappa shape index (κ2) is 6.50. The summed E-state index contributed by atoms with van der Waals surface area (Å²) in [5.41, 5.74) is 2.25. The highest BCUT2D eigenvalue weighted by Gasteiger charge is 2.11. The Balaban J connectivity index is 1.81. The van der Waals surface area contributed by atoms with E-state index in [2.05, 4.69) is 26.2 Å². The maximum atomic E-state index is 13.8. The highest BCUT2D eigenvalue weighted by molar-refractivity contribution is 9.10. The van der Waals surface area contributed by atoms with Crippen molar-refractivity contribution in [2.45, 2.75) is 6.54 Å². The van der Waals surface area contributed by atoms with Gasteiger partial charge >= 0.3 is 0 Å². The third-order valence-electron chi connectivity index (χ3n) is 3.61. The van der Waals surface area contributed by atoms with Gasteiger partial charge < -0.3 is 9.88 Å². The number of hydrogen-bond acceptors (Lipinski definition) is 2. The quantitative estimate of drug-likeness (QED) is 0.711. The number of aromatic nitrogens is 2. The van der Waals surface area contributed by atoms with Crippen LogP contribution in [0.4, 0.5) is 14.7 Å². The molecule has 3 aromatic rings. The SMILES string of the molecule is Cn1c(-c2ccc(F)cc2)cnc1NCc1c(F)cccc1Br. The van der Waals surface area contributed by atoms with Gasteiger partial charge in [0.05, 0.1) is 11.9 Å². The lowest BCUT2D eigenvalue weighted by molar-refractivity contribution is 0.611. The molecular formula is C17H14BrF2N3. The monoisotopic (exact) mass is 377 g/mol. The Morgan fingerprint density at radius 2 is 1.87 bits per heavy atom. The van der Waals surface area contributed by atoms with Gasteiger partial charge in [-0.25, -0.2) is 13.8 Å². The van der Waals surface area contributed by atoms with Gasteiger partial charge in [0.1, 0.15) is 11.6 Å². The molecule has 2 aromatic carbocycles. The number of halogens is 3. The third-order valence-corrected chi connectivity index (χ3v) is 4.36. The zero-order chi connectivity index (χ0) is 16.4. The molecule has 0 aliphatic carbocycles. The molecule has 23 heavy (non-hydrogen) atoms. The largest absolute Gasteiger partial charge is 0.351 e. The van der Waals surface area contributed by atoms with Crippen molar-refractivity contribution in [1.29, 1.82) is 0 Å². The zero-order valence-electron chi connectivity index (χ0n) is 12.4. The first-order chi connectivity index (χ1) is 11.1. The molecule has 0 radical (unpaired) electrons. The Bertz CT molecular complexity index is 808.